The molecule has 1 aliphatic rings. The van der Waals surface area contributed by atoms with Crippen LogP contribution >= 0.6 is 15.9 Å². The summed E-state index contributed by atoms with van der Waals surface area (Å²) in [4.78, 5) is 11.9. The normalized spacial score (nSPS) is 16.6. The molecule has 3 rings (SSSR count). The van der Waals surface area contributed by atoms with Crippen molar-refractivity contribution in [2.45, 2.75) is 31.1 Å². The maximum Gasteiger partial charge on any atom is 0.282 e. The van der Waals surface area contributed by atoms with Crippen molar-refractivity contribution in [3.05, 3.63) is 56.9 Å². The van der Waals surface area contributed by atoms with E-state index >= 15 is 0 Å². The molecule has 1 saturated carbocycles. The Hall–Kier alpha value is -1.62. The maximum atomic E-state index is 11.9. The van der Waals surface area contributed by atoms with E-state index in [-0.39, 0.29) is 11.0 Å². The van der Waals surface area contributed by atoms with Gasteiger partial charge in [-0.05, 0) is 34.3 Å². The number of nitrogens with one attached hydrogen (secondary N) is 1. The Balaban J connectivity index is 1.85. The topological polar surface area (TPSA) is 46.9 Å². The first-order valence-corrected chi connectivity index (χ1v) is 8.43. The number of anilines is 1. The summed E-state index contributed by atoms with van der Waals surface area (Å²) in [6.45, 7) is 0.824. The molecule has 0 unspecified atom stereocenters. The molecule has 5 heteroatoms. The zero-order valence-electron chi connectivity index (χ0n) is 12.7. The molecular weight excluding hydrogens is 342 g/mol. The molecule has 1 aliphatic carbocycles. The fourth-order valence-electron chi connectivity index (χ4n) is 3.31. The molecule has 22 heavy (non-hydrogen) atoms. The number of hydrogen-bond acceptors (Lipinski definition) is 3. The van der Waals surface area contributed by atoms with Gasteiger partial charge in [-0.3, -0.25) is 4.79 Å². The van der Waals surface area contributed by atoms with Gasteiger partial charge in [0.2, 0.25) is 0 Å². The van der Waals surface area contributed by atoms with Crippen molar-refractivity contribution in [3.63, 3.8) is 0 Å². The second-order valence-corrected chi connectivity index (χ2v) is 6.80. The van der Waals surface area contributed by atoms with E-state index in [9.17, 15) is 4.79 Å². The standard InChI is InChI=1S/C17H20BrN3O/c1-21-16(22)15(18)14(11-20-21)19-12-17(9-5-6-10-17)13-7-3-2-4-8-13/h2-4,7-8,11,19H,5-6,9-10,12H2,1H3. The number of nitrogens with zero attached hydrogens (tertiary/aromatic N) is 2. The zero-order valence-corrected chi connectivity index (χ0v) is 14.3. The molecule has 116 valence electrons. The first-order valence-electron chi connectivity index (χ1n) is 7.64. The SMILES string of the molecule is Cn1ncc(NCC2(c3ccccc3)CCCC2)c(Br)c1=O. The molecule has 0 spiro atoms. The van der Waals surface area contributed by atoms with Gasteiger partial charge in [0, 0.05) is 19.0 Å². The van der Waals surface area contributed by atoms with Crippen LogP contribution < -0.4 is 10.9 Å². The van der Waals surface area contributed by atoms with Gasteiger partial charge < -0.3 is 5.32 Å². The third-order valence-corrected chi connectivity index (χ3v) is 5.41. The summed E-state index contributed by atoms with van der Waals surface area (Å²) in [5.74, 6) is 0. The molecule has 0 bridgehead atoms. The first kappa shape index (κ1) is 15.3. The van der Waals surface area contributed by atoms with Gasteiger partial charge in [0.15, 0.2) is 0 Å². The van der Waals surface area contributed by atoms with Crippen molar-refractivity contribution in [1.82, 2.24) is 9.78 Å². The average Bonchev–Trinajstić information content (AvgIpc) is 3.03. The van der Waals surface area contributed by atoms with Crippen molar-refractivity contribution in [3.8, 4) is 0 Å². The van der Waals surface area contributed by atoms with Crippen molar-refractivity contribution >= 4 is 21.6 Å². The van der Waals surface area contributed by atoms with Crippen LogP contribution in [0.4, 0.5) is 5.69 Å². The number of aromatic nitrogens is 2. The molecule has 0 radical (unpaired) electrons. The highest BCUT2D eigenvalue weighted by Crippen LogP contribution is 2.41. The molecule has 1 N–H and O–H groups in total. The van der Waals surface area contributed by atoms with Crippen LogP contribution in [0.5, 0.6) is 0 Å². The molecule has 0 saturated heterocycles. The molecule has 0 amide bonds. The van der Waals surface area contributed by atoms with Crippen LogP contribution in [0.3, 0.4) is 0 Å². The molecule has 1 fully saturated rings. The van der Waals surface area contributed by atoms with Gasteiger partial charge in [-0.1, -0.05) is 43.2 Å². The number of rotatable bonds is 4. The van der Waals surface area contributed by atoms with Crippen LogP contribution in [0, 0.1) is 0 Å². The minimum Gasteiger partial charge on any atom is -0.382 e. The van der Waals surface area contributed by atoms with Crippen LogP contribution in [-0.2, 0) is 12.5 Å². The van der Waals surface area contributed by atoms with E-state index in [0.29, 0.717) is 4.47 Å². The van der Waals surface area contributed by atoms with Crippen LogP contribution in [0.2, 0.25) is 0 Å². The Morgan fingerprint density at radius 2 is 1.95 bits per heavy atom. The van der Waals surface area contributed by atoms with Gasteiger partial charge in [0.1, 0.15) is 4.47 Å². The van der Waals surface area contributed by atoms with E-state index in [1.165, 1.54) is 35.9 Å². The maximum absolute atomic E-state index is 11.9. The van der Waals surface area contributed by atoms with E-state index in [4.69, 9.17) is 0 Å². The predicted molar refractivity (Wildman–Crippen MR) is 92.3 cm³/mol. The summed E-state index contributed by atoms with van der Waals surface area (Å²) < 4.78 is 1.88. The number of hydrogen-bond donors (Lipinski definition) is 1. The monoisotopic (exact) mass is 361 g/mol. The van der Waals surface area contributed by atoms with Crippen LogP contribution in [0.25, 0.3) is 0 Å². The predicted octanol–water partition coefficient (Wildman–Crippen LogP) is 3.47. The Morgan fingerprint density at radius 1 is 1.27 bits per heavy atom. The van der Waals surface area contributed by atoms with E-state index in [0.717, 1.165) is 12.2 Å². The summed E-state index contributed by atoms with van der Waals surface area (Å²) in [5.41, 5.74) is 2.19. The average molecular weight is 362 g/mol. The number of aryl methyl sites for hydroxylation is 1. The van der Waals surface area contributed by atoms with E-state index in [1.807, 2.05) is 0 Å². The molecule has 2 aromatic rings. The lowest BCUT2D eigenvalue weighted by molar-refractivity contribution is 0.466. The molecule has 1 aromatic carbocycles. The van der Waals surface area contributed by atoms with Gasteiger partial charge in [0.25, 0.3) is 5.56 Å². The third-order valence-electron chi connectivity index (χ3n) is 4.64. The summed E-state index contributed by atoms with van der Waals surface area (Å²) in [6, 6.07) is 10.7. The lowest BCUT2D eigenvalue weighted by Gasteiger charge is -2.30. The quantitative estimate of drug-likeness (QED) is 0.906. The van der Waals surface area contributed by atoms with Gasteiger partial charge in [-0.25, -0.2) is 4.68 Å². The van der Waals surface area contributed by atoms with Crippen LogP contribution in [0.15, 0.2) is 45.8 Å². The smallest absolute Gasteiger partial charge is 0.282 e. The van der Waals surface area contributed by atoms with Gasteiger partial charge in [-0.2, -0.15) is 5.10 Å². The summed E-state index contributed by atoms with van der Waals surface area (Å²) in [5, 5.41) is 7.53. The van der Waals surface area contributed by atoms with Crippen molar-refractivity contribution < 1.29 is 0 Å². The molecule has 0 atom stereocenters. The highest BCUT2D eigenvalue weighted by molar-refractivity contribution is 9.10. The van der Waals surface area contributed by atoms with Crippen molar-refractivity contribution in [2.24, 2.45) is 7.05 Å². The molecule has 1 heterocycles. The summed E-state index contributed by atoms with van der Waals surface area (Å²) in [6.07, 6.45) is 6.58. The number of halogens is 1. The van der Waals surface area contributed by atoms with Crippen LogP contribution in [-0.4, -0.2) is 16.3 Å². The Labute approximate surface area is 138 Å². The van der Waals surface area contributed by atoms with Gasteiger partial charge in [0.05, 0.1) is 11.9 Å². The molecule has 4 nitrogen and oxygen atoms in total. The van der Waals surface area contributed by atoms with Gasteiger partial charge >= 0.3 is 0 Å². The zero-order chi connectivity index (χ0) is 15.6. The first-order chi connectivity index (χ1) is 10.6. The lowest BCUT2D eigenvalue weighted by Crippen LogP contribution is -2.32. The summed E-state index contributed by atoms with van der Waals surface area (Å²) >= 11 is 3.38. The summed E-state index contributed by atoms with van der Waals surface area (Å²) in [7, 11) is 1.65. The second-order valence-electron chi connectivity index (χ2n) is 6.01. The highest BCUT2D eigenvalue weighted by Gasteiger charge is 2.35. The Kier molecular flexibility index (Phi) is 4.34. The molecular formula is C17H20BrN3O. The minimum atomic E-state index is -0.120. The van der Waals surface area contributed by atoms with E-state index < -0.39 is 0 Å². The Bertz CT molecular complexity index is 706. The molecule has 0 aliphatic heterocycles. The largest absolute Gasteiger partial charge is 0.382 e. The van der Waals surface area contributed by atoms with Gasteiger partial charge in [-0.15, -0.1) is 0 Å². The fraction of sp³-hybridized carbons (Fsp3) is 0.412. The van der Waals surface area contributed by atoms with Crippen molar-refractivity contribution in [2.75, 3.05) is 11.9 Å². The van der Waals surface area contributed by atoms with E-state index in [2.05, 4.69) is 56.7 Å². The fourth-order valence-corrected chi connectivity index (χ4v) is 3.81. The third kappa shape index (κ3) is 2.82. The second kappa shape index (κ2) is 6.24. The van der Waals surface area contributed by atoms with E-state index in [1.54, 1.807) is 13.2 Å². The Morgan fingerprint density at radius 3 is 2.64 bits per heavy atom. The highest BCUT2D eigenvalue weighted by atomic mass is 79.9. The lowest BCUT2D eigenvalue weighted by atomic mass is 9.79. The minimum absolute atomic E-state index is 0.120. The van der Waals surface area contributed by atoms with Crippen LogP contribution in [0.1, 0.15) is 31.2 Å². The molecule has 1 aromatic heterocycles. The van der Waals surface area contributed by atoms with Crippen molar-refractivity contribution in [1.29, 1.82) is 0 Å². The number of benzene rings is 1.